The molecule has 0 radical (unpaired) electrons. The summed E-state index contributed by atoms with van der Waals surface area (Å²) in [5.41, 5.74) is 2.47. The van der Waals surface area contributed by atoms with Crippen molar-refractivity contribution in [3.8, 4) is 5.75 Å². The number of ether oxygens (including phenoxy) is 2. The number of allylic oxidation sites excluding steroid dienone is 1. The van der Waals surface area contributed by atoms with Crippen molar-refractivity contribution < 1.29 is 27.8 Å². The van der Waals surface area contributed by atoms with Crippen LogP contribution in [0.3, 0.4) is 0 Å². The standard InChI is InChI=1S/C31H31F2N3O4/c1-21(22-7-9-23(10-8-22)30(37)34-13-4-14-35-15-17-39-18-16-35)29-31(38)36(27-5-2-3-6-28(27)40-29)20-24-11-12-25(32)19-26(24)33/h2-3,5-12,19H,4,13-18,20H2,1H3,(H,34,37)/b29-21+. The van der Waals surface area contributed by atoms with Gasteiger partial charge in [0.05, 0.1) is 25.4 Å². The van der Waals surface area contributed by atoms with Crippen LogP contribution in [0.2, 0.25) is 0 Å². The zero-order chi connectivity index (χ0) is 28.1. The molecule has 9 heteroatoms. The van der Waals surface area contributed by atoms with Crippen LogP contribution in [0.25, 0.3) is 5.57 Å². The van der Waals surface area contributed by atoms with E-state index in [1.165, 1.54) is 17.0 Å². The van der Waals surface area contributed by atoms with Crippen molar-refractivity contribution in [3.05, 3.63) is 101 Å². The van der Waals surface area contributed by atoms with Crippen molar-refractivity contribution in [1.82, 2.24) is 10.2 Å². The summed E-state index contributed by atoms with van der Waals surface area (Å²) < 4.78 is 39.3. The molecule has 1 saturated heterocycles. The third-order valence-electron chi connectivity index (χ3n) is 7.11. The molecule has 2 aliphatic rings. The minimum absolute atomic E-state index is 0.0905. The summed E-state index contributed by atoms with van der Waals surface area (Å²) in [5, 5.41) is 2.96. The average molecular weight is 548 g/mol. The van der Waals surface area contributed by atoms with E-state index < -0.39 is 17.5 Å². The highest BCUT2D eigenvalue weighted by molar-refractivity contribution is 6.11. The van der Waals surface area contributed by atoms with E-state index in [0.29, 0.717) is 34.7 Å². The van der Waals surface area contributed by atoms with Crippen molar-refractivity contribution in [2.75, 3.05) is 44.3 Å². The monoisotopic (exact) mass is 547 g/mol. The first-order valence-corrected chi connectivity index (χ1v) is 13.3. The molecule has 7 nitrogen and oxygen atoms in total. The van der Waals surface area contributed by atoms with Crippen LogP contribution in [0.4, 0.5) is 14.5 Å². The summed E-state index contributed by atoms with van der Waals surface area (Å²) in [5.74, 6) is -1.47. The molecule has 0 aromatic heterocycles. The Balaban J connectivity index is 1.29. The quantitative estimate of drug-likeness (QED) is 0.325. The van der Waals surface area contributed by atoms with Gasteiger partial charge in [-0.25, -0.2) is 8.78 Å². The van der Waals surface area contributed by atoms with Gasteiger partial charge in [0, 0.05) is 42.4 Å². The molecule has 3 aromatic rings. The maximum atomic E-state index is 14.5. The van der Waals surface area contributed by atoms with Gasteiger partial charge in [0.1, 0.15) is 11.6 Å². The molecule has 0 unspecified atom stereocenters. The SMILES string of the molecule is C/C(=C1\Oc2ccccc2N(Cc2ccc(F)cc2F)C1=O)c1ccc(C(=O)NCCCN2CCOCC2)cc1. The van der Waals surface area contributed by atoms with E-state index in [9.17, 15) is 18.4 Å². The molecule has 1 fully saturated rings. The molecule has 0 aliphatic carbocycles. The first-order valence-electron chi connectivity index (χ1n) is 13.3. The van der Waals surface area contributed by atoms with E-state index in [-0.39, 0.29) is 23.8 Å². The zero-order valence-corrected chi connectivity index (χ0v) is 22.3. The Labute approximate surface area is 232 Å². The third-order valence-corrected chi connectivity index (χ3v) is 7.11. The topological polar surface area (TPSA) is 71.1 Å². The number of carbonyl (C=O) groups is 2. The van der Waals surface area contributed by atoms with Crippen LogP contribution in [-0.2, 0) is 16.1 Å². The number of halogens is 2. The number of benzene rings is 3. The molecular weight excluding hydrogens is 516 g/mol. The molecule has 2 heterocycles. The fourth-order valence-corrected chi connectivity index (χ4v) is 4.80. The number of fused-ring (bicyclic) bond motifs is 1. The number of carbonyl (C=O) groups excluding carboxylic acids is 2. The highest BCUT2D eigenvalue weighted by Gasteiger charge is 2.32. The second kappa shape index (κ2) is 12.4. The molecule has 5 rings (SSSR count). The fourth-order valence-electron chi connectivity index (χ4n) is 4.80. The molecule has 2 aliphatic heterocycles. The summed E-state index contributed by atoms with van der Waals surface area (Å²) in [7, 11) is 0. The van der Waals surface area contributed by atoms with Gasteiger partial charge in [-0.1, -0.05) is 30.3 Å². The lowest BCUT2D eigenvalue weighted by Gasteiger charge is -2.31. The molecule has 1 N–H and O–H groups in total. The van der Waals surface area contributed by atoms with Crippen LogP contribution in [0.15, 0.2) is 72.5 Å². The van der Waals surface area contributed by atoms with E-state index >= 15 is 0 Å². The molecule has 0 bridgehead atoms. The van der Waals surface area contributed by atoms with Gasteiger partial charge in [0.25, 0.3) is 11.8 Å². The third kappa shape index (κ3) is 6.21. The van der Waals surface area contributed by atoms with Crippen LogP contribution >= 0.6 is 0 Å². The number of anilines is 1. The van der Waals surface area contributed by atoms with Crippen LogP contribution in [0.1, 0.15) is 34.8 Å². The number of nitrogens with one attached hydrogen (secondary N) is 1. The van der Waals surface area contributed by atoms with Gasteiger partial charge in [-0.3, -0.25) is 19.4 Å². The normalized spacial score (nSPS) is 16.8. The Morgan fingerprint density at radius 2 is 1.70 bits per heavy atom. The van der Waals surface area contributed by atoms with Crippen molar-refractivity contribution >= 4 is 23.1 Å². The van der Waals surface area contributed by atoms with E-state index in [2.05, 4.69) is 10.2 Å². The van der Waals surface area contributed by atoms with Crippen LogP contribution < -0.4 is 15.0 Å². The molecule has 40 heavy (non-hydrogen) atoms. The van der Waals surface area contributed by atoms with Gasteiger partial charge in [-0.2, -0.15) is 0 Å². The van der Waals surface area contributed by atoms with Gasteiger partial charge < -0.3 is 14.8 Å². The number of nitrogens with zero attached hydrogens (tertiary/aromatic N) is 2. The highest BCUT2D eigenvalue weighted by Crippen LogP contribution is 2.38. The second-order valence-corrected chi connectivity index (χ2v) is 9.79. The molecular formula is C31H31F2N3O4. The van der Waals surface area contributed by atoms with Crippen molar-refractivity contribution in [1.29, 1.82) is 0 Å². The lowest BCUT2D eigenvalue weighted by molar-refractivity contribution is -0.117. The smallest absolute Gasteiger partial charge is 0.294 e. The lowest BCUT2D eigenvalue weighted by atomic mass is 10.0. The van der Waals surface area contributed by atoms with Crippen molar-refractivity contribution in [2.45, 2.75) is 19.9 Å². The second-order valence-electron chi connectivity index (χ2n) is 9.79. The number of hydrogen-bond donors (Lipinski definition) is 1. The van der Waals surface area contributed by atoms with E-state index in [0.717, 1.165) is 45.3 Å². The lowest BCUT2D eigenvalue weighted by Crippen LogP contribution is -2.38. The Morgan fingerprint density at radius 3 is 2.45 bits per heavy atom. The fraction of sp³-hybridized carbons (Fsp3) is 0.290. The van der Waals surface area contributed by atoms with Gasteiger partial charge in [-0.05, 0) is 55.8 Å². The Morgan fingerprint density at radius 1 is 0.975 bits per heavy atom. The summed E-state index contributed by atoms with van der Waals surface area (Å²) in [6.07, 6.45) is 0.855. The number of para-hydroxylation sites is 2. The van der Waals surface area contributed by atoms with E-state index in [1.54, 1.807) is 55.5 Å². The minimum atomic E-state index is -0.728. The summed E-state index contributed by atoms with van der Waals surface area (Å²) in [6.45, 7) is 6.51. The van der Waals surface area contributed by atoms with Crippen LogP contribution in [0, 0.1) is 11.6 Å². The average Bonchev–Trinajstić information content (AvgIpc) is 2.98. The zero-order valence-electron chi connectivity index (χ0n) is 22.3. The summed E-state index contributed by atoms with van der Waals surface area (Å²) in [4.78, 5) is 30.0. The summed E-state index contributed by atoms with van der Waals surface area (Å²) in [6, 6.07) is 17.3. The van der Waals surface area contributed by atoms with E-state index in [1.807, 2.05) is 0 Å². The van der Waals surface area contributed by atoms with Gasteiger partial charge in [0.15, 0.2) is 11.5 Å². The number of rotatable bonds is 8. The maximum absolute atomic E-state index is 14.5. The largest absolute Gasteiger partial charge is 0.449 e. The van der Waals surface area contributed by atoms with Gasteiger partial charge in [0.2, 0.25) is 0 Å². The first kappa shape index (κ1) is 27.5. The highest BCUT2D eigenvalue weighted by atomic mass is 19.1. The van der Waals surface area contributed by atoms with Crippen molar-refractivity contribution in [3.63, 3.8) is 0 Å². The van der Waals surface area contributed by atoms with E-state index in [4.69, 9.17) is 9.47 Å². The van der Waals surface area contributed by atoms with Crippen LogP contribution in [-0.4, -0.2) is 56.1 Å². The molecule has 208 valence electrons. The Hall–Kier alpha value is -4.08. The Kier molecular flexibility index (Phi) is 8.52. The molecule has 0 saturated carbocycles. The predicted octanol–water partition coefficient (Wildman–Crippen LogP) is 4.77. The molecule has 3 aromatic carbocycles. The van der Waals surface area contributed by atoms with Gasteiger partial charge in [-0.15, -0.1) is 0 Å². The van der Waals surface area contributed by atoms with Crippen molar-refractivity contribution in [2.24, 2.45) is 0 Å². The molecule has 2 amide bonds. The molecule has 0 spiro atoms. The molecule has 0 atom stereocenters. The number of morpholine rings is 1. The van der Waals surface area contributed by atoms with Gasteiger partial charge >= 0.3 is 0 Å². The summed E-state index contributed by atoms with van der Waals surface area (Å²) >= 11 is 0. The predicted molar refractivity (Wildman–Crippen MR) is 148 cm³/mol. The van der Waals surface area contributed by atoms with Crippen LogP contribution in [0.5, 0.6) is 5.75 Å². The Bertz CT molecular complexity index is 1420. The minimum Gasteiger partial charge on any atom is -0.449 e. The maximum Gasteiger partial charge on any atom is 0.294 e. The number of amides is 2. The first-order chi connectivity index (χ1) is 19.4. The number of hydrogen-bond acceptors (Lipinski definition) is 5.